The Kier molecular flexibility index (Phi) is 3.71. The van der Waals surface area contributed by atoms with E-state index in [9.17, 15) is 0 Å². The second kappa shape index (κ2) is 5.25. The quantitative estimate of drug-likeness (QED) is 0.907. The summed E-state index contributed by atoms with van der Waals surface area (Å²) in [6.07, 6.45) is 0. The van der Waals surface area contributed by atoms with Gasteiger partial charge in [0.2, 0.25) is 0 Å². The largest absolute Gasteiger partial charge is 0.490 e. The van der Waals surface area contributed by atoms with Gasteiger partial charge in [0.15, 0.2) is 0 Å². The molecule has 0 aliphatic carbocycles. The Bertz CT molecular complexity index is 496. The Hall–Kier alpha value is -1.45. The predicted molar refractivity (Wildman–Crippen MR) is 67.3 cm³/mol. The molecule has 0 radical (unpaired) electrons. The maximum absolute atomic E-state index is 5.97. The number of halogens is 1. The lowest BCUT2D eigenvalue weighted by molar-refractivity contribution is 0.271. The zero-order valence-corrected chi connectivity index (χ0v) is 10.3. The topological polar surface area (TPSA) is 48.4 Å². The van der Waals surface area contributed by atoms with Crippen molar-refractivity contribution in [2.24, 2.45) is 5.73 Å². The van der Waals surface area contributed by atoms with Crippen LogP contribution in [0.25, 0.3) is 0 Å². The summed E-state index contributed by atoms with van der Waals surface area (Å²) in [5.74, 6) is 2.19. The van der Waals surface area contributed by atoms with E-state index in [2.05, 4.69) is 0 Å². The molecule has 0 fully saturated rings. The lowest BCUT2D eigenvalue weighted by atomic mass is 10.2. The average Bonchev–Trinajstić information content (AvgIpc) is 2.74. The molecule has 4 heteroatoms. The van der Waals surface area contributed by atoms with E-state index in [0.717, 1.165) is 11.5 Å². The molecule has 3 nitrogen and oxygen atoms in total. The number of hydrogen-bond acceptors (Lipinski definition) is 3. The SMILES string of the molecule is Cc1ccc(C(N)COc2ccccc2Cl)o1. The second-order valence-electron chi connectivity index (χ2n) is 3.80. The Morgan fingerprint density at radius 2 is 2.06 bits per heavy atom. The molecule has 1 aromatic heterocycles. The van der Waals surface area contributed by atoms with Gasteiger partial charge in [-0.3, -0.25) is 0 Å². The molecule has 0 amide bonds. The molecule has 0 saturated heterocycles. The van der Waals surface area contributed by atoms with E-state index in [-0.39, 0.29) is 6.04 Å². The second-order valence-corrected chi connectivity index (χ2v) is 4.20. The zero-order chi connectivity index (χ0) is 12.3. The molecule has 0 aliphatic heterocycles. The number of hydrogen-bond donors (Lipinski definition) is 1. The molecule has 1 atom stereocenters. The van der Waals surface area contributed by atoms with Gasteiger partial charge in [0, 0.05) is 0 Å². The first-order valence-electron chi connectivity index (χ1n) is 5.36. The molecule has 1 aromatic carbocycles. The van der Waals surface area contributed by atoms with Crippen LogP contribution >= 0.6 is 11.6 Å². The van der Waals surface area contributed by atoms with Crippen LogP contribution in [0, 0.1) is 6.92 Å². The fourth-order valence-electron chi connectivity index (χ4n) is 1.48. The van der Waals surface area contributed by atoms with E-state index < -0.39 is 0 Å². The van der Waals surface area contributed by atoms with E-state index >= 15 is 0 Å². The molecule has 1 heterocycles. The summed E-state index contributed by atoms with van der Waals surface area (Å²) in [5, 5.41) is 0.579. The molecular weight excluding hydrogens is 238 g/mol. The van der Waals surface area contributed by atoms with Crippen molar-refractivity contribution in [1.82, 2.24) is 0 Å². The summed E-state index contributed by atoms with van der Waals surface area (Å²) in [6, 6.07) is 10.7. The number of rotatable bonds is 4. The van der Waals surface area contributed by atoms with Gasteiger partial charge in [0.25, 0.3) is 0 Å². The third kappa shape index (κ3) is 3.02. The van der Waals surface area contributed by atoms with Crippen LogP contribution in [-0.4, -0.2) is 6.61 Å². The Labute approximate surface area is 105 Å². The molecule has 0 saturated carbocycles. The van der Waals surface area contributed by atoms with Gasteiger partial charge in [-0.1, -0.05) is 23.7 Å². The highest BCUT2D eigenvalue weighted by molar-refractivity contribution is 6.32. The molecule has 17 heavy (non-hydrogen) atoms. The number of aryl methyl sites for hydroxylation is 1. The van der Waals surface area contributed by atoms with E-state index in [1.807, 2.05) is 37.3 Å². The molecule has 90 valence electrons. The predicted octanol–water partition coefficient (Wildman–Crippen LogP) is 3.32. The van der Waals surface area contributed by atoms with Gasteiger partial charge in [-0.05, 0) is 31.2 Å². The zero-order valence-electron chi connectivity index (χ0n) is 9.52. The van der Waals surface area contributed by atoms with Gasteiger partial charge in [-0.2, -0.15) is 0 Å². The maximum Gasteiger partial charge on any atom is 0.137 e. The highest BCUT2D eigenvalue weighted by atomic mass is 35.5. The van der Waals surface area contributed by atoms with Gasteiger partial charge < -0.3 is 14.9 Å². The van der Waals surface area contributed by atoms with Crippen LogP contribution in [0.15, 0.2) is 40.8 Å². The van der Waals surface area contributed by atoms with E-state index in [1.165, 1.54) is 0 Å². The standard InChI is InChI=1S/C13H14ClNO2/c1-9-6-7-13(17-9)11(15)8-16-12-5-3-2-4-10(12)14/h2-7,11H,8,15H2,1H3. The molecule has 2 rings (SSSR count). The number of para-hydroxylation sites is 1. The fourth-order valence-corrected chi connectivity index (χ4v) is 1.67. The lowest BCUT2D eigenvalue weighted by Gasteiger charge is -2.11. The van der Waals surface area contributed by atoms with Crippen LogP contribution < -0.4 is 10.5 Å². The van der Waals surface area contributed by atoms with Crippen molar-refractivity contribution in [2.75, 3.05) is 6.61 Å². The van der Waals surface area contributed by atoms with Crippen molar-refractivity contribution in [3.05, 3.63) is 52.9 Å². The van der Waals surface area contributed by atoms with Crippen molar-refractivity contribution in [3.63, 3.8) is 0 Å². The minimum absolute atomic E-state index is 0.292. The molecule has 2 N–H and O–H groups in total. The van der Waals surface area contributed by atoms with E-state index in [1.54, 1.807) is 6.07 Å². The molecule has 1 unspecified atom stereocenters. The first-order valence-corrected chi connectivity index (χ1v) is 5.74. The van der Waals surface area contributed by atoms with Crippen molar-refractivity contribution in [3.8, 4) is 5.75 Å². The third-order valence-corrected chi connectivity index (χ3v) is 2.69. The van der Waals surface area contributed by atoms with Crippen LogP contribution in [-0.2, 0) is 0 Å². The smallest absolute Gasteiger partial charge is 0.137 e. The van der Waals surface area contributed by atoms with Gasteiger partial charge in [0.1, 0.15) is 23.9 Å². The van der Waals surface area contributed by atoms with Crippen LogP contribution in [0.5, 0.6) is 5.75 Å². The summed E-state index contributed by atoms with van der Waals surface area (Å²) in [7, 11) is 0. The summed E-state index contributed by atoms with van der Waals surface area (Å²) in [6.45, 7) is 2.21. The van der Waals surface area contributed by atoms with Crippen LogP contribution in [0.3, 0.4) is 0 Å². The number of furan rings is 1. The third-order valence-electron chi connectivity index (χ3n) is 2.38. The first kappa shape index (κ1) is 12.0. The van der Waals surface area contributed by atoms with Crippen molar-refractivity contribution < 1.29 is 9.15 Å². The Balaban J connectivity index is 1.97. The van der Waals surface area contributed by atoms with Gasteiger partial charge in [-0.25, -0.2) is 0 Å². The number of benzene rings is 1. The van der Waals surface area contributed by atoms with Gasteiger partial charge in [0.05, 0.1) is 11.1 Å². The summed E-state index contributed by atoms with van der Waals surface area (Å²) >= 11 is 5.97. The average molecular weight is 252 g/mol. The van der Waals surface area contributed by atoms with Crippen LogP contribution in [0.2, 0.25) is 5.02 Å². The molecule has 0 bridgehead atoms. The Morgan fingerprint density at radius 3 is 2.71 bits per heavy atom. The summed E-state index contributed by atoms with van der Waals surface area (Å²) in [4.78, 5) is 0. The van der Waals surface area contributed by atoms with Crippen molar-refractivity contribution in [2.45, 2.75) is 13.0 Å². The lowest BCUT2D eigenvalue weighted by Crippen LogP contribution is -2.18. The molecule has 0 aliphatic rings. The van der Waals surface area contributed by atoms with Gasteiger partial charge >= 0.3 is 0 Å². The molecular formula is C13H14ClNO2. The normalized spacial score (nSPS) is 12.4. The number of nitrogens with two attached hydrogens (primary N) is 1. The highest BCUT2D eigenvalue weighted by Gasteiger charge is 2.11. The Morgan fingerprint density at radius 1 is 1.29 bits per heavy atom. The van der Waals surface area contributed by atoms with E-state index in [0.29, 0.717) is 17.4 Å². The monoisotopic (exact) mass is 251 g/mol. The number of ether oxygens (including phenoxy) is 1. The minimum atomic E-state index is -0.292. The minimum Gasteiger partial charge on any atom is -0.490 e. The maximum atomic E-state index is 5.97. The molecule has 2 aromatic rings. The highest BCUT2D eigenvalue weighted by Crippen LogP contribution is 2.24. The summed E-state index contributed by atoms with van der Waals surface area (Å²) in [5.41, 5.74) is 5.94. The van der Waals surface area contributed by atoms with Crippen LogP contribution in [0.4, 0.5) is 0 Å². The van der Waals surface area contributed by atoms with Crippen molar-refractivity contribution in [1.29, 1.82) is 0 Å². The molecule has 0 spiro atoms. The van der Waals surface area contributed by atoms with Crippen LogP contribution in [0.1, 0.15) is 17.6 Å². The fraction of sp³-hybridized carbons (Fsp3) is 0.231. The first-order chi connectivity index (χ1) is 8.16. The summed E-state index contributed by atoms with van der Waals surface area (Å²) < 4.78 is 11.0. The van der Waals surface area contributed by atoms with Crippen molar-refractivity contribution >= 4 is 11.6 Å². The van der Waals surface area contributed by atoms with Gasteiger partial charge in [-0.15, -0.1) is 0 Å². The van der Waals surface area contributed by atoms with E-state index in [4.69, 9.17) is 26.5 Å².